The zero-order valence-corrected chi connectivity index (χ0v) is 20.2. The van der Waals surface area contributed by atoms with Crippen molar-refractivity contribution in [3.8, 4) is 0 Å². The van der Waals surface area contributed by atoms with Crippen LogP contribution in [0.3, 0.4) is 0 Å². The molecule has 0 saturated heterocycles. The number of pyridine rings is 1. The third kappa shape index (κ3) is 5.28. The number of fused-ring (bicyclic) bond motifs is 1. The summed E-state index contributed by atoms with van der Waals surface area (Å²) in [6, 6.07) is 18.7. The Kier molecular flexibility index (Phi) is 7.45. The predicted octanol–water partition coefficient (Wildman–Crippen LogP) is 3.89. The highest BCUT2D eigenvalue weighted by molar-refractivity contribution is 5.97. The number of ether oxygens (including phenoxy) is 2. The van der Waals surface area contributed by atoms with Gasteiger partial charge < -0.3 is 19.9 Å². The van der Waals surface area contributed by atoms with Crippen LogP contribution in [-0.4, -0.2) is 40.1 Å². The minimum Gasteiger partial charge on any atom is -0.481 e. The number of carbonyl (C=O) groups excluding carboxylic acids is 2. The van der Waals surface area contributed by atoms with Crippen molar-refractivity contribution in [1.82, 2.24) is 10.3 Å². The average Bonchev–Trinajstić information content (AvgIpc) is 2.91. The number of aromatic nitrogens is 1. The maximum Gasteiger partial charge on any atom is 0.342 e. The predicted molar refractivity (Wildman–Crippen MR) is 133 cm³/mol. The second-order valence-corrected chi connectivity index (χ2v) is 8.73. The summed E-state index contributed by atoms with van der Waals surface area (Å²) in [5, 5.41) is 13.2. The molecule has 0 spiro atoms. The van der Waals surface area contributed by atoms with Gasteiger partial charge in [-0.2, -0.15) is 0 Å². The van der Waals surface area contributed by atoms with E-state index >= 15 is 0 Å². The van der Waals surface area contributed by atoms with Gasteiger partial charge in [0.1, 0.15) is 6.61 Å². The molecule has 2 N–H and O–H groups in total. The largest absolute Gasteiger partial charge is 0.481 e. The molecule has 2 atom stereocenters. The first-order valence-electron chi connectivity index (χ1n) is 11.8. The molecular weight excluding hydrogens is 460 g/mol. The first-order chi connectivity index (χ1) is 17.3. The zero-order chi connectivity index (χ0) is 25.7. The number of aliphatic carboxylic acids is 1. The smallest absolute Gasteiger partial charge is 0.342 e. The summed E-state index contributed by atoms with van der Waals surface area (Å²) in [4.78, 5) is 41.9. The van der Waals surface area contributed by atoms with E-state index in [0.29, 0.717) is 23.2 Å². The van der Waals surface area contributed by atoms with Gasteiger partial charge in [0, 0.05) is 11.9 Å². The second kappa shape index (κ2) is 10.7. The minimum absolute atomic E-state index is 0.0684. The normalized spacial score (nSPS) is 18.3. The highest BCUT2D eigenvalue weighted by atomic mass is 16.6. The lowest BCUT2D eigenvalue weighted by Crippen LogP contribution is -2.46. The van der Waals surface area contributed by atoms with Gasteiger partial charge in [0.25, 0.3) is 5.91 Å². The number of hydrogen-bond donors (Lipinski definition) is 2. The van der Waals surface area contributed by atoms with E-state index < -0.39 is 29.4 Å². The molecule has 1 amide bonds. The van der Waals surface area contributed by atoms with Crippen LogP contribution in [0.25, 0.3) is 10.9 Å². The molecule has 0 saturated carbocycles. The fraction of sp³-hybridized carbons (Fsp3) is 0.286. The van der Waals surface area contributed by atoms with Crippen LogP contribution < -0.4 is 5.32 Å². The maximum absolute atomic E-state index is 13.1. The van der Waals surface area contributed by atoms with E-state index in [4.69, 9.17) is 9.47 Å². The highest BCUT2D eigenvalue weighted by Gasteiger charge is 2.42. The third-order valence-electron chi connectivity index (χ3n) is 6.32. The van der Waals surface area contributed by atoms with Gasteiger partial charge in [0.2, 0.25) is 0 Å². The van der Waals surface area contributed by atoms with E-state index in [1.54, 1.807) is 13.8 Å². The Balaban J connectivity index is 1.55. The Morgan fingerprint density at radius 2 is 1.89 bits per heavy atom. The van der Waals surface area contributed by atoms with Crippen LogP contribution in [0.15, 0.2) is 72.3 Å². The molecule has 1 aromatic heterocycles. The van der Waals surface area contributed by atoms with Crippen molar-refractivity contribution >= 4 is 28.7 Å². The molecule has 36 heavy (non-hydrogen) atoms. The van der Waals surface area contributed by atoms with Crippen molar-refractivity contribution in [1.29, 1.82) is 0 Å². The van der Waals surface area contributed by atoms with E-state index in [1.807, 2.05) is 60.7 Å². The summed E-state index contributed by atoms with van der Waals surface area (Å²) in [6.07, 6.45) is 1.83. The first-order valence-corrected chi connectivity index (χ1v) is 11.8. The summed E-state index contributed by atoms with van der Waals surface area (Å²) in [5.74, 6) is -2.81. The van der Waals surface area contributed by atoms with E-state index in [0.717, 1.165) is 10.9 Å². The van der Waals surface area contributed by atoms with Crippen molar-refractivity contribution < 1.29 is 29.0 Å². The Hall–Kier alpha value is -4.04. The van der Waals surface area contributed by atoms with Crippen molar-refractivity contribution in [2.45, 2.75) is 44.9 Å². The number of carboxylic acids is 1. The van der Waals surface area contributed by atoms with Crippen molar-refractivity contribution in [3.05, 3.63) is 89.1 Å². The van der Waals surface area contributed by atoms with Gasteiger partial charge in [-0.05, 0) is 42.7 Å². The number of para-hydroxylation sites is 1. The minimum atomic E-state index is -1.37. The lowest BCUT2D eigenvalue weighted by molar-refractivity contribution is -0.170. The first kappa shape index (κ1) is 25.1. The van der Waals surface area contributed by atoms with Gasteiger partial charge in [0.05, 0.1) is 29.3 Å². The van der Waals surface area contributed by atoms with Gasteiger partial charge in [-0.1, -0.05) is 55.5 Å². The van der Waals surface area contributed by atoms with Gasteiger partial charge in [-0.3, -0.25) is 14.6 Å². The van der Waals surface area contributed by atoms with E-state index in [-0.39, 0.29) is 25.3 Å². The molecule has 8 nitrogen and oxygen atoms in total. The van der Waals surface area contributed by atoms with Gasteiger partial charge >= 0.3 is 11.9 Å². The number of rotatable bonds is 9. The fourth-order valence-corrected chi connectivity index (χ4v) is 4.11. The SMILES string of the molecule is CCC1(OCc2ccccc2)C=C(C(=O)NCc2cc3ccccc3nc2C(C)C(=O)O)COC1=O. The number of cyclic esters (lactones) is 1. The molecule has 0 radical (unpaired) electrons. The quantitative estimate of drug-likeness (QED) is 0.439. The monoisotopic (exact) mass is 488 g/mol. The number of carboxylic acid groups (broad SMARTS) is 1. The fourth-order valence-electron chi connectivity index (χ4n) is 4.11. The summed E-state index contributed by atoms with van der Waals surface area (Å²) in [7, 11) is 0. The van der Waals surface area contributed by atoms with Crippen LogP contribution in [0.5, 0.6) is 0 Å². The summed E-state index contributed by atoms with van der Waals surface area (Å²) in [5.41, 5.74) is 1.47. The van der Waals surface area contributed by atoms with E-state index in [9.17, 15) is 19.5 Å². The van der Waals surface area contributed by atoms with Crippen molar-refractivity contribution in [2.24, 2.45) is 0 Å². The number of nitrogens with zero attached hydrogens (tertiary/aromatic N) is 1. The van der Waals surface area contributed by atoms with Crippen LogP contribution in [0.4, 0.5) is 0 Å². The van der Waals surface area contributed by atoms with Crippen LogP contribution in [0.2, 0.25) is 0 Å². The lowest BCUT2D eigenvalue weighted by atomic mass is 9.94. The summed E-state index contributed by atoms with van der Waals surface area (Å²) in [6.45, 7) is 3.44. The van der Waals surface area contributed by atoms with Gasteiger partial charge in [-0.25, -0.2) is 4.79 Å². The van der Waals surface area contributed by atoms with Crippen molar-refractivity contribution in [2.75, 3.05) is 6.61 Å². The summed E-state index contributed by atoms with van der Waals surface area (Å²) >= 11 is 0. The molecule has 2 heterocycles. The Morgan fingerprint density at radius 3 is 2.61 bits per heavy atom. The molecule has 0 bridgehead atoms. The molecule has 186 valence electrons. The molecule has 1 aliphatic rings. The van der Waals surface area contributed by atoms with Gasteiger partial charge in [0.15, 0.2) is 5.60 Å². The number of carbonyl (C=O) groups is 3. The lowest BCUT2D eigenvalue weighted by Gasteiger charge is -2.32. The Bertz CT molecular complexity index is 1320. The number of amides is 1. The average molecular weight is 489 g/mol. The van der Waals surface area contributed by atoms with E-state index in [1.165, 1.54) is 6.08 Å². The molecule has 4 rings (SSSR count). The maximum atomic E-state index is 13.1. The molecule has 2 unspecified atom stereocenters. The molecule has 8 heteroatoms. The number of hydrogen-bond acceptors (Lipinski definition) is 6. The zero-order valence-electron chi connectivity index (χ0n) is 20.2. The Labute approximate surface area is 208 Å². The Morgan fingerprint density at radius 1 is 1.17 bits per heavy atom. The number of esters is 1. The van der Waals surface area contributed by atoms with E-state index in [2.05, 4.69) is 10.3 Å². The number of nitrogens with one attached hydrogen (secondary N) is 1. The molecular formula is C28H28N2O6. The molecule has 1 aliphatic heterocycles. The standard InChI is InChI=1S/C28H28N2O6/c1-3-28(36-16-19-9-5-4-6-10-19)14-22(17-35-27(28)34)25(31)29-15-21-13-20-11-7-8-12-23(20)30-24(21)18(2)26(32)33/h4-14,18H,3,15-17H2,1-2H3,(H,29,31)(H,32,33). The summed E-state index contributed by atoms with van der Waals surface area (Å²) < 4.78 is 11.3. The van der Waals surface area contributed by atoms with Gasteiger partial charge in [-0.15, -0.1) is 0 Å². The van der Waals surface area contributed by atoms with Crippen LogP contribution in [0, 0.1) is 0 Å². The third-order valence-corrected chi connectivity index (χ3v) is 6.32. The molecule has 0 fully saturated rings. The van der Waals surface area contributed by atoms with Crippen LogP contribution in [0.1, 0.15) is 43.0 Å². The topological polar surface area (TPSA) is 115 Å². The number of benzene rings is 2. The molecule has 3 aromatic rings. The second-order valence-electron chi connectivity index (χ2n) is 8.73. The van der Waals surface area contributed by atoms with Crippen LogP contribution >= 0.6 is 0 Å². The van der Waals surface area contributed by atoms with Crippen molar-refractivity contribution in [3.63, 3.8) is 0 Å². The highest BCUT2D eigenvalue weighted by Crippen LogP contribution is 2.28. The molecule has 0 aliphatic carbocycles. The van der Waals surface area contributed by atoms with Crippen LogP contribution in [-0.2, 0) is 37.0 Å². The molecule has 2 aromatic carbocycles.